The van der Waals surface area contributed by atoms with Gasteiger partial charge >= 0.3 is 0 Å². The van der Waals surface area contributed by atoms with Crippen LogP contribution < -0.4 is 0 Å². The summed E-state index contributed by atoms with van der Waals surface area (Å²) in [5.41, 5.74) is 1.39. The van der Waals surface area contributed by atoms with Crippen molar-refractivity contribution in [3.05, 3.63) is 46.5 Å². The number of nitrogens with zero attached hydrogens (tertiary/aromatic N) is 2. The molecular weight excluding hydrogens is 242 g/mol. The highest BCUT2D eigenvalue weighted by Gasteiger charge is 2.26. The molecule has 1 aromatic heterocycles. The van der Waals surface area contributed by atoms with Crippen LogP contribution in [-0.4, -0.2) is 14.8 Å². The van der Waals surface area contributed by atoms with Gasteiger partial charge in [-0.05, 0) is 43.5 Å². The predicted molar refractivity (Wildman–Crippen MR) is 74.1 cm³/mol. The Morgan fingerprint density at radius 1 is 1.22 bits per heavy atom. The van der Waals surface area contributed by atoms with E-state index in [4.69, 9.17) is 12.2 Å². The molecule has 1 aliphatic carbocycles. The summed E-state index contributed by atoms with van der Waals surface area (Å²) in [6.07, 6.45) is 5.72. The third-order valence-corrected chi connectivity index (χ3v) is 3.69. The SMILES string of the molecule is S=c1[nH]nc(CCCc2ccccc2)n1C1CC1. The fourth-order valence-corrected chi connectivity index (χ4v) is 2.62. The summed E-state index contributed by atoms with van der Waals surface area (Å²) in [4.78, 5) is 0. The zero-order valence-corrected chi connectivity index (χ0v) is 11.1. The Labute approximate surface area is 112 Å². The van der Waals surface area contributed by atoms with E-state index in [1.807, 2.05) is 0 Å². The Balaban J connectivity index is 1.62. The topological polar surface area (TPSA) is 33.6 Å². The van der Waals surface area contributed by atoms with Crippen LogP contribution in [0.15, 0.2) is 30.3 Å². The highest BCUT2D eigenvalue weighted by Crippen LogP contribution is 2.35. The lowest BCUT2D eigenvalue weighted by Crippen LogP contribution is -2.02. The van der Waals surface area contributed by atoms with Crippen molar-refractivity contribution in [3.8, 4) is 0 Å². The summed E-state index contributed by atoms with van der Waals surface area (Å²) in [5, 5.41) is 7.28. The lowest BCUT2D eigenvalue weighted by molar-refractivity contribution is 0.650. The Morgan fingerprint density at radius 3 is 2.72 bits per heavy atom. The molecule has 0 spiro atoms. The average Bonchev–Trinajstić information content (AvgIpc) is 3.16. The van der Waals surface area contributed by atoms with Crippen molar-refractivity contribution in [2.45, 2.75) is 38.1 Å². The van der Waals surface area contributed by atoms with Crippen molar-refractivity contribution in [1.82, 2.24) is 14.8 Å². The van der Waals surface area contributed by atoms with Crippen molar-refractivity contribution < 1.29 is 0 Å². The van der Waals surface area contributed by atoms with Gasteiger partial charge in [-0.3, -0.25) is 5.10 Å². The molecule has 0 amide bonds. The molecule has 3 rings (SSSR count). The molecule has 0 radical (unpaired) electrons. The van der Waals surface area contributed by atoms with Gasteiger partial charge in [0.25, 0.3) is 0 Å². The quantitative estimate of drug-likeness (QED) is 0.834. The van der Waals surface area contributed by atoms with Gasteiger partial charge in [0.1, 0.15) is 5.82 Å². The second kappa shape index (κ2) is 5.06. The molecule has 3 nitrogen and oxygen atoms in total. The Hall–Kier alpha value is -1.42. The van der Waals surface area contributed by atoms with E-state index in [0.717, 1.165) is 29.9 Å². The van der Waals surface area contributed by atoms with Crippen LogP contribution in [0.2, 0.25) is 0 Å². The molecule has 4 heteroatoms. The first-order valence-corrected chi connectivity index (χ1v) is 6.95. The molecule has 1 heterocycles. The molecule has 0 unspecified atom stereocenters. The Bertz CT molecular complexity index is 566. The van der Waals surface area contributed by atoms with Gasteiger partial charge in [-0.2, -0.15) is 5.10 Å². The number of benzene rings is 1. The van der Waals surface area contributed by atoms with Crippen molar-refractivity contribution in [3.63, 3.8) is 0 Å². The van der Waals surface area contributed by atoms with Gasteiger partial charge in [0.05, 0.1) is 0 Å². The zero-order valence-electron chi connectivity index (χ0n) is 10.3. The fraction of sp³-hybridized carbons (Fsp3) is 0.429. The normalized spacial score (nSPS) is 14.9. The number of aryl methyl sites for hydroxylation is 2. The minimum Gasteiger partial charge on any atom is -0.301 e. The molecule has 1 N–H and O–H groups in total. The Kier molecular flexibility index (Phi) is 3.28. The molecule has 94 valence electrons. The minimum absolute atomic E-state index is 0.614. The number of rotatable bonds is 5. The molecule has 0 atom stereocenters. The largest absolute Gasteiger partial charge is 0.301 e. The van der Waals surface area contributed by atoms with Crippen LogP contribution in [0.4, 0.5) is 0 Å². The van der Waals surface area contributed by atoms with E-state index in [2.05, 4.69) is 45.1 Å². The summed E-state index contributed by atoms with van der Waals surface area (Å²) < 4.78 is 2.99. The van der Waals surface area contributed by atoms with Crippen LogP contribution in [0.5, 0.6) is 0 Å². The van der Waals surface area contributed by atoms with Crippen LogP contribution in [0.3, 0.4) is 0 Å². The van der Waals surface area contributed by atoms with E-state index in [0.29, 0.717) is 6.04 Å². The summed E-state index contributed by atoms with van der Waals surface area (Å²) in [5.74, 6) is 1.12. The Morgan fingerprint density at radius 2 is 2.00 bits per heavy atom. The van der Waals surface area contributed by atoms with Gasteiger partial charge in [0.2, 0.25) is 0 Å². The molecule has 1 aromatic carbocycles. The predicted octanol–water partition coefficient (Wildman–Crippen LogP) is 3.45. The molecule has 0 saturated heterocycles. The van der Waals surface area contributed by atoms with E-state index in [-0.39, 0.29) is 0 Å². The maximum atomic E-state index is 5.28. The highest BCUT2D eigenvalue weighted by atomic mass is 32.1. The molecule has 1 fully saturated rings. The zero-order chi connectivity index (χ0) is 12.4. The maximum absolute atomic E-state index is 5.28. The summed E-state index contributed by atoms with van der Waals surface area (Å²) in [7, 11) is 0. The second-order valence-corrected chi connectivity index (χ2v) is 5.27. The first-order valence-electron chi connectivity index (χ1n) is 6.54. The highest BCUT2D eigenvalue weighted by molar-refractivity contribution is 7.71. The van der Waals surface area contributed by atoms with Crippen LogP contribution in [0.1, 0.15) is 36.7 Å². The summed E-state index contributed by atoms with van der Waals surface area (Å²) in [6, 6.07) is 11.2. The van der Waals surface area contributed by atoms with Crippen LogP contribution in [-0.2, 0) is 12.8 Å². The van der Waals surface area contributed by atoms with E-state index in [1.165, 1.54) is 18.4 Å². The number of H-pyrrole nitrogens is 1. The van der Waals surface area contributed by atoms with Crippen molar-refractivity contribution >= 4 is 12.2 Å². The molecule has 18 heavy (non-hydrogen) atoms. The minimum atomic E-state index is 0.614. The van der Waals surface area contributed by atoms with Crippen molar-refractivity contribution in [2.24, 2.45) is 0 Å². The molecule has 1 saturated carbocycles. The number of hydrogen-bond acceptors (Lipinski definition) is 2. The van der Waals surface area contributed by atoms with Crippen LogP contribution in [0.25, 0.3) is 0 Å². The van der Waals surface area contributed by atoms with E-state index in [1.54, 1.807) is 0 Å². The second-order valence-electron chi connectivity index (χ2n) is 4.89. The van der Waals surface area contributed by atoms with Gasteiger partial charge in [0.15, 0.2) is 4.77 Å². The van der Waals surface area contributed by atoms with Crippen molar-refractivity contribution in [2.75, 3.05) is 0 Å². The first-order chi connectivity index (χ1) is 8.84. The first kappa shape index (κ1) is 11.7. The van der Waals surface area contributed by atoms with Crippen LogP contribution >= 0.6 is 12.2 Å². The fourth-order valence-electron chi connectivity index (χ4n) is 2.32. The molecule has 0 aliphatic heterocycles. The van der Waals surface area contributed by atoms with Gasteiger partial charge in [-0.1, -0.05) is 30.3 Å². The molecule has 0 bridgehead atoms. The third-order valence-electron chi connectivity index (χ3n) is 3.40. The smallest absolute Gasteiger partial charge is 0.195 e. The lowest BCUT2D eigenvalue weighted by atomic mass is 10.1. The van der Waals surface area contributed by atoms with E-state index in [9.17, 15) is 0 Å². The standard InChI is InChI=1S/C14H17N3S/c18-14-16-15-13(17(14)12-9-10-12)8-4-7-11-5-2-1-3-6-11/h1-3,5-6,12H,4,7-10H2,(H,16,18). The summed E-state index contributed by atoms with van der Waals surface area (Å²) >= 11 is 5.28. The van der Waals surface area contributed by atoms with Gasteiger partial charge < -0.3 is 4.57 Å². The van der Waals surface area contributed by atoms with Crippen LogP contribution in [0, 0.1) is 4.77 Å². The third kappa shape index (κ3) is 2.53. The number of aromatic nitrogens is 3. The van der Waals surface area contributed by atoms with Gasteiger partial charge in [0, 0.05) is 12.5 Å². The van der Waals surface area contributed by atoms with Gasteiger partial charge in [-0.15, -0.1) is 0 Å². The maximum Gasteiger partial charge on any atom is 0.195 e. The van der Waals surface area contributed by atoms with Gasteiger partial charge in [-0.25, -0.2) is 0 Å². The number of nitrogens with one attached hydrogen (secondary N) is 1. The molecular formula is C14H17N3S. The monoisotopic (exact) mass is 259 g/mol. The number of aromatic amines is 1. The number of hydrogen-bond donors (Lipinski definition) is 1. The molecule has 2 aromatic rings. The lowest BCUT2D eigenvalue weighted by Gasteiger charge is -2.04. The van der Waals surface area contributed by atoms with E-state index >= 15 is 0 Å². The average molecular weight is 259 g/mol. The van der Waals surface area contributed by atoms with Crippen molar-refractivity contribution in [1.29, 1.82) is 0 Å². The summed E-state index contributed by atoms with van der Waals surface area (Å²) in [6.45, 7) is 0. The molecule has 1 aliphatic rings. The van der Waals surface area contributed by atoms with E-state index < -0.39 is 0 Å².